The number of hydrogen-bond donors (Lipinski definition) is 1. The Hall–Kier alpha value is -1.50. The molecule has 0 aliphatic carbocycles. The second-order valence-corrected chi connectivity index (χ2v) is 7.20. The van der Waals surface area contributed by atoms with E-state index in [4.69, 9.17) is 9.72 Å². The summed E-state index contributed by atoms with van der Waals surface area (Å²) < 4.78 is 6.15. The Morgan fingerprint density at radius 1 is 1.52 bits per heavy atom. The number of ether oxygens (including phenoxy) is 1. The third kappa shape index (κ3) is 3.39. The summed E-state index contributed by atoms with van der Waals surface area (Å²) in [5.74, 6) is -0.560. The summed E-state index contributed by atoms with van der Waals surface area (Å²) >= 11 is 1.69. The van der Waals surface area contributed by atoms with Crippen molar-refractivity contribution in [1.29, 1.82) is 0 Å². The third-order valence-electron chi connectivity index (χ3n) is 4.19. The van der Waals surface area contributed by atoms with Crippen molar-refractivity contribution < 1.29 is 14.6 Å². The van der Waals surface area contributed by atoms with E-state index < -0.39 is 11.6 Å². The van der Waals surface area contributed by atoms with Gasteiger partial charge in [0.1, 0.15) is 5.01 Å². The second-order valence-electron chi connectivity index (χ2n) is 6.14. The van der Waals surface area contributed by atoms with Gasteiger partial charge in [-0.05, 0) is 45.4 Å². The molecule has 0 unspecified atom stereocenters. The quantitative estimate of drug-likeness (QED) is 0.852. The molecule has 0 bridgehead atoms. The number of para-hydroxylation sites is 1. The van der Waals surface area contributed by atoms with Crippen LogP contribution in [0.5, 0.6) is 0 Å². The molecule has 124 valence electrons. The number of carbonyl (C=O) groups excluding carboxylic acids is 1. The van der Waals surface area contributed by atoms with E-state index in [0.717, 1.165) is 29.9 Å². The summed E-state index contributed by atoms with van der Waals surface area (Å²) in [6.07, 6.45) is 2.04. The van der Waals surface area contributed by atoms with Gasteiger partial charge in [-0.1, -0.05) is 12.1 Å². The van der Waals surface area contributed by atoms with E-state index in [1.807, 2.05) is 18.2 Å². The number of hydrogen-bond acceptors (Lipinski definition) is 6. The fraction of sp³-hybridized carbons (Fsp3) is 0.529. The van der Waals surface area contributed by atoms with Gasteiger partial charge in [-0.15, -0.1) is 11.3 Å². The largest absolute Gasteiger partial charge is 0.464 e. The van der Waals surface area contributed by atoms with Gasteiger partial charge in [-0.3, -0.25) is 4.90 Å². The minimum atomic E-state index is -1.49. The number of rotatable bonds is 5. The number of benzene rings is 1. The van der Waals surface area contributed by atoms with E-state index in [1.54, 1.807) is 18.3 Å². The van der Waals surface area contributed by atoms with E-state index in [-0.39, 0.29) is 19.2 Å². The SMILES string of the molecule is CCOC(=O)[C@](C)(O)CN1CCC[C@H]1c1nc2ccccc2s1. The molecule has 2 atom stereocenters. The predicted molar refractivity (Wildman–Crippen MR) is 90.4 cm³/mol. The van der Waals surface area contributed by atoms with E-state index in [1.165, 1.54) is 11.6 Å². The van der Waals surface area contributed by atoms with Crippen LogP contribution in [0, 0.1) is 0 Å². The molecule has 0 saturated carbocycles. The standard InChI is InChI=1S/C17H22N2O3S/c1-3-22-16(20)17(2,21)11-19-10-6-8-13(19)15-18-12-7-4-5-9-14(12)23-15/h4-5,7,9,13,21H,3,6,8,10-11H2,1-2H3/t13-,17+/m0/s1. The normalized spacial score (nSPS) is 21.4. The molecule has 2 aromatic rings. The van der Waals surface area contributed by atoms with Crippen LogP contribution in [-0.4, -0.2) is 46.3 Å². The van der Waals surface area contributed by atoms with Crippen LogP contribution in [0.2, 0.25) is 0 Å². The van der Waals surface area contributed by atoms with Gasteiger partial charge in [0.15, 0.2) is 5.60 Å². The molecular weight excluding hydrogens is 312 g/mol. The minimum absolute atomic E-state index is 0.160. The molecular formula is C17H22N2O3S. The Labute approximate surface area is 139 Å². The Kier molecular flexibility index (Phi) is 4.66. The zero-order valence-corrected chi connectivity index (χ0v) is 14.3. The summed E-state index contributed by atoms with van der Waals surface area (Å²) in [6.45, 7) is 4.67. The number of aliphatic hydroxyl groups is 1. The molecule has 1 aromatic heterocycles. The zero-order valence-electron chi connectivity index (χ0n) is 13.5. The van der Waals surface area contributed by atoms with Gasteiger partial charge in [0, 0.05) is 6.54 Å². The fourth-order valence-corrected chi connectivity index (χ4v) is 4.21. The Morgan fingerprint density at radius 3 is 3.04 bits per heavy atom. The average Bonchev–Trinajstić information content (AvgIpc) is 3.12. The summed E-state index contributed by atoms with van der Waals surface area (Å²) in [5, 5.41) is 11.5. The maximum atomic E-state index is 11.9. The maximum absolute atomic E-state index is 11.9. The zero-order chi connectivity index (χ0) is 16.4. The van der Waals surface area contributed by atoms with Gasteiger partial charge < -0.3 is 9.84 Å². The number of β-amino-alcohol motifs (C(OH)–C–C–N with tert-alkyl or cyclic N) is 1. The number of fused-ring (bicyclic) bond motifs is 1. The lowest BCUT2D eigenvalue weighted by Crippen LogP contribution is -2.47. The van der Waals surface area contributed by atoms with Crippen LogP contribution in [-0.2, 0) is 9.53 Å². The first-order valence-electron chi connectivity index (χ1n) is 8.00. The molecule has 1 aliphatic heterocycles. The lowest BCUT2D eigenvalue weighted by atomic mass is 10.1. The van der Waals surface area contributed by atoms with Crippen molar-refractivity contribution in [3.8, 4) is 0 Å². The smallest absolute Gasteiger partial charge is 0.339 e. The van der Waals surface area contributed by atoms with Crippen LogP contribution in [0.15, 0.2) is 24.3 Å². The Balaban J connectivity index is 1.78. The second kappa shape index (κ2) is 6.55. The van der Waals surface area contributed by atoms with Crippen molar-refractivity contribution in [3.05, 3.63) is 29.3 Å². The van der Waals surface area contributed by atoms with Crippen LogP contribution < -0.4 is 0 Å². The first-order valence-corrected chi connectivity index (χ1v) is 8.82. The molecule has 0 radical (unpaired) electrons. The molecule has 1 saturated heterocycles. The highest BCUT2D eigenvalue weighted by atomic mass is 32.1. The van der Waals surface area contributed by atoms with Gasteiger partial charge in [0.2, 0.25) is 0 Å². The molecule has 1 aromatic carbocycles. The maximum Gasteiger partial charge on any atom is 0.339 e. The monoisotopic (exact) mass is 334 g/mol. The molecule has 1 fully saturated rings. The summed E-state index contributed by atoms with van der Waals surface area (Å²) in [4.78, 5) is 18.8. The Morgan fingerprint density at radius 2 is 2.30 bits per heavy atom. The van der Waals surface area contributed by atoms with Gasteiger partial charge in [0.25, 0.3) is 0 Å². The first-order chi connectivity index (χ1) is 11.0. The number of nitrogens with zero attached hydrogens (tertiary/aromatic N) is 2. The van der Waals surface area contributed by atoms with E-state index >= 15 is 0 Å². The predicted octanol–water partition coefficient (Wildman–Crippen LogP) is 2.75. The molecule has 1 aliphatic rings. The molecule has 2 heterocycles. The van der Waals surface area contributed by atoms with Crippen molar-refractivity contribution in [2.45, 2.75) is 38.3 Å². The minimum Gasteiger partial charge on any atom is -0.464 e. The molecule has 3 rings (SSSR count). The highest BCUT2D eigenvalue weighted by Gasteiger charge is 2.39. The summed E-state index contributed by atoms with van der Waals surface area (Å²) in [5.41, 5.74) is -0.480. The van der Waals surface area contributed by atoms with Crippen LogP contribution in [0.4, 0.5) is 0 Å². The van der Waals surface area contributed by atoms with Crippen LogP contribution >= 0.6 is 11.3 Å². The van der Waals surface area contributed by atoms with Gasteiger partial charge in [-0.2, -0.15) is 0 Å². The number of aromatic nitrogens is 1. The summed E-state index contributed by atoms with van der Waals surface area (Å²) in [6, 6.07) is 8.26. The third-order valence-corrected chi connectivity index (χ3v) is 5.32. The molecule has 6 heteroatoms. The molecule has 5 nitrogen and oxygen atoms in total. The molecule has 1 N–H and O–H groups in total. The van der Waals surface area contributed by atoms with E-state index in [9.17, 15) is 9.90 Å². The van der Waals surface area contributed by atoms with Crippen molar-refractivity contribution in [1.82, 2.24) is 9.88 Å². The lowest BCUT2D eigenvalue weighted by Gasteiger charge is -2.30. The van der Waals surface area contributed by atoms with Crippen LogP contribution in [0.1, 0.15) is 37.7 Å². The van der Waals surface area contributed by atoms with Crippen LogP contribution in [0.3, 0.4) is 0 Å². The number of likely N-dealkylation sites (tertiary alicyclic amines) is 1. The Bertz CT molecular complexity index is 665. The molecule has 0 spiro atoms. The molecule has 23 heavy (non-hydrogen) atoms. The van der Waals surface area contributed by atoms with E-state index in [2.05, 4.69) is 11.0 Å². The number of esters is 1. The van der Waals surface area contributed by atoms with Crippen molar-refractivity contribution in [2.24, 2.45) is 0 Å². The van der Waals surface area contributed by atoms with Crippen molar-refractivity contribution in [2.75, 3.05) is 19.7 Å². The number of carbonyl (C=O) groups is 1. The fourth-order valence-electron chi connectivity index (χ4n) is 3.07. The highest BCUT2D eigenvalue weighted by Crippen LogP contribution is 2.37. The summed E-state index contributed by atoms with van der Waals surface area (Å²) in [7, 11) is 0. The number of thiazole rings is 1. The first kappa shape index (κ1) is 16.4. The highest BCUT2D eigenvalue weighted by molar-refractivity contribution is 7.18. The van der Waals surface area contributed by atoms with Gasteiger partial charge in [0.05, 0.1) is 22.9 Å². The van der Waals surface area contributed by atoms with Gasteiger partial charge in [-0.25, -0.2) is 9.78 Å². The molecule has 0 amide bonds. The topological polar surface area (TPSA) is 62.7 Å². The van der Waals surface area contributed by atoms with Crippen LogP contribution in [0.25, 0.3) is 10.2 Å². The van der Waals surface area contributed by atoms with E-state index in [0.29, 0.717) is 0 Å². The van der Waals surface area contributed by atoms with Gasteiger partial charge >= 0.3 is 5.97 Å². The average molecular weight is 334 g/mol. The van der Waals surface area contributed by atoms with Crippen molar-refractivity contribution >= 4 is 27.5 Å². The van der Waals surface area contributed by atoms with Crippen molar-refractivity contribution in [3.63, 3.8) is 0 Å². The lowest BCUT2D eigenvalue weighted by molar-refractivity contribution is -0.165.